The van der Waals surface area contributed by atoms with Crippen LogP contribution in [-0.2, 0) is 9.59 Å². The molecule has 2 fully saturated rings. The zero-order chi connectivity index (χ0) is 21.5. The van der Waals surface area contributed by atoms with Crippen molar-refractivity contribution in [2.75, 3.05) is 6.54 Å². The van der Waals surface area contributed by atoms with E-state index in [0.29, 0.717) is 5.92 Å². The van der Waals surface area contributed by atoms with Crippen LogP contribution < -0.4 is 10.6 Å². The SMILES string of the molecule is CC(C)c1ccc(C(NC(=O)CN2C(=O)NC(C)(C3CC3)C2=O)c2cccs2)cc1. The predicted molar refractivity (Wildman–Crippen MR) is 116 cm³/mol. The Morgan fingerprint density at radius 2 is 1.87 bits per heavy atom. The molecule has 1 aliphatic carbocycles. The highest BCUT2D eigenvalue weighted by molar-refractivity contribution is 7.10. The Labute approximate surface area is 180 Å². The Kier molecular flexibility index (Phi) is 5.40. The van der Waals surface area contributed by atoms with Gasteiger partial charge in [-0.3, -0.25) is 14.5 Å². The third-order valence-corrected chi connectivity index (χ3v) is 7.00. The predicted octanol–water partition coefficient (Wildman–Crippen LogP) is 3.80. The number of carbonyl (C=O) groups excluding carboxylic acids is 3. The molecule has 6 nitrogen and oxygen atoms in total. The van der Waals surface area contributed by atoms with Gasteiger partial charge in [0.1, 0.15) is 12.1 Å². The van der Waals surface area contributed by atoms with Crippen LogP contribution in [0.1, 0.15) is 61.6 Å². The molecule has 2 atom stereocenters. The van der Waals surface area contributed by atoms with Gasteiger partial charge < -0.3 is 10.6 Å². The van der Waals surface area contributed by atoms with Gasteiger partial charge in [0.05, 0.1) is 6.04 Å². The number of carbonyl (C=O) groups is 3. The van der Waals surface area contributed by atoms with Gasteiger partial charge in [-0.2, -0.15) is 0 Å². The highest BCUT2D eigenvalue weighted by Gasteiger charge is 2.56. The summed E-state index contributed by atoms with van der Waals surface area (Å²) in [6.07, 6.45) is 1.85. The van der Waals surface area contributed by atoms with E-state index in [1.165, 1.54) is 5.56 Å². The van der Waals surface area contributed by atoms with Crippen LogP contribution >= 0.6 is 11.3 Å². The molecule has 1 aromatic carbocycles. The Morgan fingerprint density at radius 1 is 1.20 bits per heavy atom. The summed E-state index contributed by atoms with van der Waals surface area (Å²) in [6.45, 7) is 5.76. The van der Waals surface area contributed by atoms with Gasteiger partial charge >= 0.3 is 6.03 Å². The third kappa shape index (κ3) is 3.86. The molecule has 4 rings (SSSR count). The van der Waals surface area contributed by atoms with Gasteiger partial charge in [-0.25, -0.2) is 4.79 Å². The van der Waals surface area contributed by atoms with Crippen molar-refractivity contribution >= 4 is 29.2 Å². The van der Waals surface area contributed by atoms with Crippen molar-refractivity contribution in [1.29, 1.82) is 0 Å². The quantitative estimate of drug-likeness (QED) is 0.663. The zero-order valence-corrected chi connectivity index (χ0v) is 18.3. The topological polar surface area (TPSA) is 78.5 Å². The summed E-state index contributed by atoms with van der Waals surface area (Å²) in [6, 6.07) is 11.3. The molecule has 0 bridgehead atoms. The fourth-order valence-corrected chi connectivity index (χ4v) is 4.80. The minimum absolute atomic E-state index is 0.167. The summed E-state index contributed by atoms with van der Waals surface area (Å²) in [5.74, 6) is -0.0707. The van der Waals surface area contributed by atoms with Crippen molar-refractivity contribution in [3.05, 3.63) is 57.8 Å². The largest absolute Gasteiger partial charge is 0.343 e. The van der Waals surface area contributed by atoms with Crippen LogP contribution in [-0.4, -0.2) is 34.8 Å². The van der Waals surface area contributed by atoms with Crippen molar-refractivity contribution in [2.24, 2.45) is 5.92 Å². The van der Waals surface area contributed by atoms with Gasteiger partial charge in [0.25, 0.3) is 5.91 Å². The number of thiophene rings is 1. The molecular formula is C23H27N3O3S. The maximum atomic E-state index is 12.9. The third-order valence-electron chi connectivity index (χ3n) is 6.07. The van der Waals surface area contributed by atoms with Gasteiger partial charge in [-0.1, -0.05) is 44.2 Å². The molecule has 2 aliphatic rings. The van der Waals surface area contributed by atoms with Gasteiger partial charge in [0.2, 0.25) is 5.91 Å². The molecule has 1 saturated heterocycles. The van der Waals surface area contributed by atoms with Crippen LogP contribution in [0.15, 0.2) is 41.8 Å². The molecule has 2 N–H and O–H groups in total. The van der Waals surface area contributed by atoms with E-state index in [2.05, 4.69) is 36.6 Å². The van der Waals surface area contributed by atoms with E-state index >= 15 is 0 Å². The molecule has 2 heterocycles. The fourth-order valence-electron chi connectivity index (χ4n) is 3.99. The molecule has 1 aromatic heterocycles. The summed E-state index contributed by atoms with van der Waals surface area (Å²) in [5, 5.41) is 7.78. The van der Waals surface area contributed by atoms with Crippen molar-refractivity contribution in [3.63, 3.8) is 0 Å². The highest BCUT2D eigenvalue weighted by Crippen LogP contribution is 2.42. The molecule has 2 aromatic rings. The first-order chi connectivity index (χ1) is 14.3. The lowest BCUT2D eigenvalue weighted by atomic mass is 9.96. The summed E-state index contributed by atoms with van der Waals surface area (Å²) >= 11 is 1.56. The minimum atomic E-state index is -0.878. The van der Waals surface area contributed by atoms with Crippen molar-refractivity contribution in [1.82, 2.24) is 15.5 Å². The highest BCUT2D eigenvalue weighted by atomic mass is 32.1. The molecule has 0 radical (unpaired) electrons. The lowest BCUT2D eigenvalue weighted by Gasteiger charge is -2.22. The molecule has 158 valence electrons. The van der Waals surface area contributed by atoms with Crippen LogP contribution in [0.5, 0.6) is 0 Å². The molecule has 7 heteroatoms. The smallest absolute Gasteiger partial charge is 0.325 e. The Hall–Kier alpha value is -2.67. The number of nitrogens with zero attached hydrogens (tertiary/aromatic N) is 1. The molecule has 0 spiro atoms. The second-order valence-electron chi connectivity index (χ2n) is 8.64. The first kappa shape index (κ1) is 20.6. The summed E-state index contributed by atoms with van der Waals surface area (Å²) < 4.78 is 0. The van der Waals surface area contributed by atoms with Crippen molar-refractivity contribution in [3.8, 4) is 0 Å². The van der Waals surface area contributed by atoms with E-state index in [-0.39, 0.29) is 30.3 Å². The number of hydrogen-bond acceptors (Lipinski definition) is 4. The average Bonchev–Trinajstić information content (AvgIpc) is 3.40. The molecular weight excluding hydrogens is 398 g/mol. The van der Waals surface area contributed by atoms with Crippen LogP contribution in [0.3, 0.4) is 0 Å². The summed E-state index contributed by atoms with van der Waals surface area (Å²) in [4.78, 5) is 40.1. The summed E-state index contributed by atoms with van der Waals surface area (Å²) in [7, 11) is 0. The van der Waals surface area contributed by atoms with E-state index in [4.69, 9.17) is 0 Å². The van der Waals surface area contributed by atoms with Crippen molar-refractivity contribution < 1.29 is 14.4 Å². The van der Waals surface area contributed by atoms with Crippen LogP contribution in [0, 0.1) is 5.92 Å². The fraction of sp³-hybridized carbons (Fsp3) is 0.435. The lowest BCUT2D eigenvalue weighted by molar-refractivity contribution is -0.135. The van der Waals surface area contributed by atoms with Crippen LogP contribution in [0.4, 0.5) is 4.79 Å². The van der Waals surface area contributed by atoms with Gasteiger partial charge in [0, 0.05) is 4.88 Å². The average molecular weight is 426 g/mol. The van der Waals surface area contributed by atoms with E-state index in [0.717, 1.165) is 28.2 Å². The molecule has 1 aliphatic heterocycles. The molecule has 2 unspecified atom stereocenters. The normalized spacial score (nSPS) is 22.3. The number of benzene rings is 1. The maximum Gasteiger partial charge on any atom is 0.325 e. The maximum absolute atomic E-state index is 12.9. The van der Waals surface area contributed by atoms with Gasteiger partial charge in [-0.05, 0) is 54.2 Å². The van der Waals surface area contributed by atoms with Gasteiger partial charge in [-0.15, -0.1) is 11.3 Å². The molecule has 1 saturated carbocycles. The number of urea groups is 1. The second kappa shape index (κ2) is 7.87. The number of amides is 4. The summed E-state index contributed by atoms with van der Waals surface area (Å²) in [5.41, 5.74) is 1.32. The van der Waals surface area contributed by atoms with E-state index in [1.807, 2.05) is 29.6 Å². The molecule has 30 heavy (non-hydrogen) atoms. The van der Waals surface area contributed by atoms with E-state index in [9.17, 15) is 14.4 Å². The van der Waals surface area contributed by atoms with E-state index < -0.39 is 11.6 Å². The van der Waals surface area contributed by atoms with Gasteiger partial charge in [0.15, 0.2) is 0 Å². The number of hydrogen-bond donors (Lipinski definition) is 2. The zero-order valence-electron chi connectivity index (χ0n) is 17.5. The number of nitrogens with one attached hydrogen (secondary N) is 2. The first-order valence-corrected chi connectivity index (χ1v) is 11.2. The minimum Gasteiger partial charge on any atom is -0.343 e. The Morgan fingerprint density at radius 3 is 2.43 bits per heavy atom. The number of rotatable bonds is 7. The Bertz CT molecular complexity index is 951. The van der Waals surface area contributed by atoms with E-state index in [1.54, 1.807) is 18.3 Å². The first-order valence-electron chi connectivity index (χ1n) is 10.4. The number of imide groups is 1. The van der Waals surface area contributed by atoms with Crippen LogP contribution in [0.2, 0.25) is 0 Å². The Balaban J connectivity index is 1.50. The standard InChI is InChI=1S/C23H27N3O3S/c1-14(2)15-6-8-16(9-7-15)20(18-5-4-12-30-18)24-19(27)13-26-21(28)23(3,17-10-11-17)25-22(26)29/h4-9,12,14,17,20H,10-11,13H2,1-3H3,(H,24,27)(H,25,29). The van der Waals surface area contributed by atoms with Crippen LogP contribution in [0.25, 0.3) is 0 Å². The van der Waals surface area contributed by atoms with Crippen molar-refractivity contribution in [2.45, 2.75) is 51.1 Å². The monoisotopic (exact) mass is 425 g/mol. The molecule has 4 amide bonds. The lowest BCUT2D eigenvalue weighted by Crippen LogP contribution is -2.47. The second-order valence-corrected chi connectivity index (χ2v) is 9.61.